The van der Waals surface area contributed by atoms with Crippen molar-refractivity contribution in [1.82, 2.24) is 0 Å². The molecule has 2 nitrogen and oxygen atoms in total. The van der Waals surface area contributed by atoms with Gasteiger partial charge in [-0.2, -0.15) is 0 Å². The van der Waals surface area contributed by atoms with Crippen LogP contribution >= 0.6 is 0 Å². The molecule has 8 atom stereocenters. The van der Waals surface area contributed by atoms with Crippen molar-refractivity contribution in [2.24, 2.45) is 46.3 Å². The van der Waals surface area contributed by atoms with Gasteiger partial charge >= 0.3 is 5.97 Å². The van der Waals surface area contributed by atoms with Crippen molar-refractivity contribution in [2.45, 2.75) is 111 Å². The predicted molar refractivity (Wildman–Crippen MR) is 157 cm³/mol. The van der Waals surface area contributed by atoms with Crippen LogP contribution in [0.25, 0.3) is 0 Å². The highest BCUT2D eigenvalue weighted by molar-refractivity contribution is 5.89. The summed E-state index contributed by atoms with van der Waals surface area (Å²) in [4.78, 5) is 12.8. The maximum Gasteiger partial charge on any atom is 0.338 e. The molecule has 1 unspecified atom stereocenters. The lowest BCUT2D eigenvalue weighted by molar-refractivity contribution is -0.0594. The van der Waals surface area contributed by atoms with Crippen LogP contribution in [0.4, 0.5) is 0 Å². The number of hydrogen-bond acceptors (Lipinski definition) is 2. The summed E-state index contributed by atoms with van der Waals surface area (Å²) in [6, 6.07) is 7.20. The number of esters is 1. The van der Waals surface area contributed by atoms with Crippen LogP contribution in [0, 0.1) is 58.7 Å². The maximum absolute atomic E-state index is 12.8. The van der Waals surface area contributed by atoms with E-state index in [2.05, 4.69) is 46.6 Å². The fourth-order valence-electron chi connectivity index (χ4n) is 9.67. The van der Waals surface area contributed by atoms with Crippen molar-refractivity contribution in [3.05, 3.63) is 47.0 Å². The molecule has 3 saturated carbocycles. The van der Waals surface area contributed by atoms with Gasteiger partial charge in [0.2, 0.25) is 0 Å². The first-order valence-corrected chi connectivity index (χ1v) is 15.6. The smallest absolute Gasteiger partial charge is 0.338 e. The van der Waals surface area contributed by atoms with Gasteiger partial charge in [0.1, 0.15) is 6.10 Å². The molecular formula is C36H50O2. The Morgan fingerprint density at radius 1 is 1.03 bits per heavy atom. The Hall–Kier alpha value is -2.01. The first-order chi connectivity index (χ1) is 18.2. The molecule has 1 aromatic rings. The van der Waals surface area contributed by atoms with Gasteiger partial charge in [-0.25, -0.2) is 4.79 Å². The second-order valence-corrected chi connectivity index (χ2v) is 14.3. The topological polar surface area (TPSA) is 26.3 Å². The number of allylic oxidation sites excluding steroid dienone is 1. The third kappa shape index (κ3) is 5.00. The zero-order valence-electron chi connectivity index (χ0n) is 24.6. The summed E-state index contributed by atoms with van der Waals surface area (Å²) >= 11 is 0. The van der Waals surface area contributed by atoms with Gasteiger partial charge in [0.15, 0.2) is 0 Å². The summed E-state index contributed by atoms with van der Waals surface area (Å²) in [5, 5.41) is 0. The van der Waals surface area contributed by atoms with Gasteiger partial charge in [-0.3, -0.25) is 0 Å². The first-order valence-electron chi connectivity index (χ1n) is 15.6. The number of hydrogen-bond donors (Lipinski definition) is 0. The van der Waals surface area contributed by atoms with E-state index in [1.807, 2.05) is 12.1 Å². The minimum atomic E-state index is -0.218. The van der Waals surface area contributed by atoms with Crippen LogP contribution < -0.4 is 0 Å². The Kier molecular flexibility index (Phi) is 7.88. The SMILES string of the molecule is C#Cc1ccc(C(=O)OC2CC[C@@]3(C)C(=CC[C@H]4[C@@H]5CC[C@H]([C@H](C)CCCC(C)C)[C@@]5(C)CC[C@@H]43)C2)cc1. The molecule has 206 valence electrons. The van der Waals surface area contributed by atoms with Crippen molar-refractivity contribution in [1.29, 1.82) is 0 Å². The number of carbonyl (C=O) groups is 1. The van der Waals surface area contributed by atoms with E-state index in [0.29, 0.717) is 11.0 Å². The molecule has 2 heteroatoms. The summed E-state index contributed by atoms with van der Waals surface area (Å²) in [5.41, 5.74) is 3.76. The highest BCUT2D eigenvalue weighted by Gasteiger charge is 2.59. The van der Waals surface area contributed by atoms with Crippen LogP contribution in [0.1, 0.15) is 121 Å². The lowest BCUT2D eigenvalue weighted by atomic mass is 9.47. The van der Waals surface area contributed by atoms with Crippen LogP contribution in [0.2, 0.25) is 0 Å². The fraction of sp³-hybridized carbons (Fsp3) is 0.694. The van der Waals surface area contributed by atoms with Crippen molar-refractivity contribution in [3.8, 4) is 12.3 Å². The summed E-state index contributed by atoms with van der Waals surface area (Å²) in [7, 11) is 0. The molecule has 1 aromatic carbocycles. The molecule has 0 heterocycles. The molecule has 0 N–H and O–H groups in total. The molecule has 4 aliphatic rings. The standard InChI is InChI=1S/C36H50O2/c1-7-26-11-13-27(14-12-26)34(37)38-29-19-21-35(5)28(23-29)15-16-30-32-18-17-31(25(4)10-8-9-24(2)3)36(32,6)22-20-33(30)35/h1,11-15,24-25,29-33H,8-10,16-23H2,2-6H3/t25-,29?,30+,31-,32+,33+,35+,36-/m1/s1. The molecular weight excluding hydrogens is 464 g/mol. The van der Waals surface area contributed by atoms with Gasteiger partial charge in [-0.15, -0.1) is 6.42 Å². The van der Waals surface area contributed by atoms with Gasteiger partial charge in [-0.05, 0) is 116 Å². The minimum Gasteiger partial charge on any atom is -0.458 e. The normalized spacial score (nSPS) is 36.9. The second kappa shape index (κ2) is 10.9. The minimum absolute atomic E-state index is 0.0120. The average Bonchev–Trinajstić information content (AvgIpc) is 3.26. The summed E-state index contributed by atoms with van der Waals surface area (Å²) in [6.07, 6.45) is 22.2. The average molecular weight is 515 g/mol. The molecule has 0 aromatic heterocycles. The monoisotopic (exact) mass is 514 g/mol. The van der Waals surface area contributed by atoms with Gasteiger partial charge in [0, 0.05) is 12.0 Å². The first kappa shape index (κ1) is 27.6. The summed E-state index contributed by atoms with van der Waals surface area (Å²) < 4.78 is 6.02. The van der Waals surface area contributed by atoms with E-state index in [1.165, 1.54) is 51.4 Å². The highest BCUT2D eigenvalue weighted by atomic mass is 16.5. The van der Waals surface area contributed by atoms with E-state index in [-0.39, 0.29) is 17.5 Å². The Bertz CT molecular complexity index is 1070. The van der Waals surface area contributed by atoms with E-state index in [0.717, 1.165) is 60.3 Å². The van der Waals surface area contributed by atoms with Gasteiger partial charge in [0.25, 0.3) is 0 Å². The summed E-state index contributed by atoms with van der Waals surface area (Å²) in [6.45, 7) is 12.5. The molecule has 38 heavy (non-hydrogen) atoms. The van der Waals surface area contributed by atoms with E-state index in [1.54, 1.807) is 17.7 Å². The van der Waals surface area contributed by atoms with Crippen LogP contribution in [-0.4, -0.2) is 12.1 Å². The van der Waals surface area contributed by atoms with Crippen LogP contribution in [0.5, 0.6) is 0 Å². The predicted octanol–water partition coefficient (Wildman–Crippen LogP) is 9.23. The van der Waals surface area contributed by atoms with Crippen LogP contribution in [0.3, 0.4) is 0 Å². The second-order valence-electron chi connectivity index (χ2n) is 14.3. The fourth-order valence-corrected chi connectivity index (χ4v) is 9.67. The van der Waals surface area contributed by atoms with Crippen LogP contribution in [-0.2, 0) is 4.74 Å². The number of benzene rings is 1. The number of carbonyl (C=O) groups excluding carboxylic acids is 1. The van der Waals surface area contributed by atoms with E-state index < -0.39 is 0 Å². The third-order valence-electron chi connectivity index (χ3n) is 11.8. The Labute approximate surface area is 232 Å². The summed E-state index contributed by atoms with van der Waals surface area (Å²) in [5.74, 6) is 7.50. The van der Waals surface area contributed by atoms with Crippen LogP contribution in [0.15, 0.2) is 35.9 Å². The van der Waals surface area contributed by atoms with E-state index >= 15 is 0 Å². The zero-order valence-corrected chi connectivity index (χ0v) is 24.6. The number of terminal acetylenes is 1. The third-order valence-corrected chi connectivity index (χ3v) is 11.8. The zero-order chi connectivity index (χ0) is 27.1. The Morgan fingerprint density at radius 3 is 2.50 bits per heavy atom. The molecule has 0 aliphatic heterocycles. The molecule has 0 spiro atoms. The lowest BCUT2D eigenvalue weighted by Gasteiger charge is -2.58. The highest BCUT2D eigenvalue weighted by Crippen LogP contribution is 2.67. The molecule has 0 bridgehead atoms. The molecule has 3 fully saturated rings. The largest absolute Gasteiger partial charge is 0.458 e. The van der Waals surface area contributed by atoms with Gasteiger partial charge < -0.3 is 4.74 Å². The van der Waals surface area contributed by atoms with Gasteiger partial charge in [-0.1, -0.05) is 71.5 Å². The Morgan fingerprint density at radius 2 is 1.79 bits per heavy atom. The molecule has 0 amide bonds. The Balaban J connectivity index is 1.24. The van der Waals surface area contributed by atoms with Crippen molar-refractivity contribution in [3.63, 3.8) is 0 Å². The van der Waals surface area contributed by atoms with Crippen molar-refractivity contribution >= 4 is 5.97 Å². The van der Waals surface area contributed by atoms with Crippen molar-refractivity contribution < 1.29 is 9.53 Å². The number of rotatable bonds is 7. The van der Waals surface area contributed by atoms with Gasteiger partial charge in [0.05, 0.1) is 5.56 Å². The number of ether oxygens (including phenoxy) is 1. The maximum atomic E-state index is 12.8. The van der Waals surface area contributed by atoms with E-state index in [4.69, 9.17) is 11.2 Å². The lowest BCUT2D eigenvalue weighted by Crippen LogP contribution is -2.51. The molecule has 4 aliphatic carbocycles. The quantitative estimate of drug-likeness (QED) is 0.206. The van der Waals surface area contributed by atoms with E-state index in [9.17, 15) is 4.79 Å². The van der Waals surface area contributed by atoms with Crippen molar-refractivity contribution in [2.75, 3.05) is 0 Å². The molecule has 0 saturated heterocycles. The number of fused-ring (bicyclic) bond motifs is 5. The molecule has 0 radical (unpaired) electrons. The molecule has 5 rings (SSSR count).